The normalized spacial score (nSPS) is 16.0. The first-order valence-corrected chi connectivity index (χ1v) is 8.42. The topological polar surface area (TPSA) is 73.7 Å². The van der Waals surface area contributed by atoms with E-state index < -0.39 is 0 Å². The molecule has 128 valence electrons. The van der Waals surface area contributed by atoms with Crippen LogP contribution in [0.5, 0.6) is 17.2 Å². The summed E-state index contributed by atoms with van der Waals surface area (Å²) in [5.74, 6) is 2.18. The van der Waals surface area contributed by atoms with Crippen LogP contribution < -0.4 is 20.9 Å². The number of hydrogen-bond acceptors (Lipinski definition) is 5. The maximum absolute atomic E-state index is 6.03. The van der Waals surface area contributed by atoms with Crippen LogP contribution in [0.3, 0.4) is 0 Å². The van der Waals surface area contributed by atoms with Gasteiger partial charge in [0.25, 0.3) is 0 Å². The van der Waals surface area contributed by atoms with Crippen LogP contribution in [-0.2, 0) is 0 Å². The Morgan fingerprint density at radius 2 is 1.67 bits per heavy atom. The quantitative estimate of drug-likeness (QED) is 0.794. The molecular formula is C19H25N3O2. The van der Waals surface area contributed by atoms with E-state index in [-0.39, 0.29) is 6.10 Å². The molecule has 0 aliphatic carbocycles. The molecule has 0 bridgehead atoms. The maximum Gasteiger partial charge on any atom is 0.131 e. The lowest BCUT2D eigenvalue weighted by Gasteiger charge is -2.21. The number of nitrogen functional groups attached to an aromatic ring is 2. The van der Waals surface area contributed by atoms with Gasteiger partial charge in [-0.3, -0.25) is 4.90 Å². The summed E-state index contributed by atoms with van der Waals surface area (Å²) in [6, 6.07) is 12.9. The number of hydrogen-bond donors (Lipinski definition) is 2. The summed E-state index contributed by atoms with van der Waals surface area (Å²) in [7, 11) is 0. The predicted molar refractivity (Wildman–Crippen MR) is 97.5 cm³/mol. The van der Waals surface area contributed by atoms with Crippen LogP contribution in [0.25, 0.3) is 0 Å². The summed E-state index contributed by atoms with van der Waals surface area (Å²) in [4.78, 5) is 2.45. The Hall–Kier alpha value is -2.40. The van der Waals surface area contributed by atoms with E-state index in [1.165, 1.54) is 25.9 Å². The van der Waals surface area contributed by atoms with Crippen molar-refractivity contribution in [2.75, 3.05) is 31.1 Å². The van der Waals surface area contributed by atoms with Crippen molar-refractivity contribution in [2.45, 2.75) is 25.9 Å². The van der Waals surface area contributed by atoms with Crippen molar-refractivity contribution in [1.29, 1.82) is 0 Å². The van der Waals surface area contributed by atoms with Crippen molar-refractivity contribution in [1.82, 2.24) is 4.90 Å². The van der Waals surface area contributed by atoms with Gasteiger partial charge in [0.2, 0.25) is 0 Å². The van der Waals surface area contributed by atoms with E-state index in [0.717, 1.165) is 12.3 Å². The molecule has 1 saturated heterocycles. The second-order valence-electron chi connectivity index (χ2n) is 6.30. The summed E-state index contributed by atoms with van der Waals surface area (Å²) >= 11 is 0. The highest BCUT2D eigenvalue weighted by atomic mass is 16.5. The highest BCUT2D eigenvalue weighted by Gasteiger charge is 2.15. The molecule has 5 heteroatoms. The van der Waals surface area contributed by atoms with Crippen LogP contribution in [0.1, 0.15) is 19.8 Å². The fourth-order valence-corrected chi connectivity index (χ4v) is 2.96. The molecule has 2 aromatic carbocycles. The number of nitrogens with two attached hydrogens (primary N) is 2. The maximum atomic E-state index is 6.03. The predicted octanol–water partition coefficient (Wildman–Crippen LogP) is 3.51. The smallest absolute Gasteiger partial charge is 0.131 e. The Kier molecular flexibility index (Phi) is 5.11. The first-order valence-electron chi connectivity index (χ1n) is 8.42. The summed E-state index contributed by atoms with van der Waals surface area (Å²) in [5.41, 5.74) is 12.6. The molecule has 2 aromatic rings. The van der Waals surface area contributed by atoms with Crippen LogP contribution >= 0.6 is 0 Å². The van der Waals surface area contributed by atoms with Crippen molar-refractivity contribution in [3.05, 3.63) is 42.5 Å². The average molecular weight is 327 g/mol. The highest BCUT2D eigenvalue weighted by Crippen LogP contribution is 2.29. The minimum Gasteiger partial charge on any atom is -0.489 e. The van der Waals surface area contributed by atoms with E-state index in [0.29, 0.717) is 22.9 Å². The number of likely N-dealkylation sites (tertiary alicyclic amines) is 1. The first kappa shape index (κ1) is 16.5. The van der Waals surface area contributed by atoms with Gasteiger partial charge in [0.05, 0.1) is 11.4 Å². The Bertz CT molecular complexity index is 684. The third-order valence-electron chi connectivity index (χ3n) is 4.15. The van der Waals surface area contributed by atoms with Crippen molar-refractivity contribution >= 4 is 11.4 Å². The minimum atomic E-state index is 0.144. The Morgan fingerprint density at radius 1 is 0.958 bits per heavy atom. The van der Waals surface area contributed by atoms with Gasteiger partial charge < -0.3 is 20.9 Å². The Labute approximate surface area is 143 Å². The number of anilines is 2. The second-order valence-corrected chi connectivity index (χ2v) is 6.30. The summed E-state index contributed by atoms with van der Waals surface area (Å²) in [5, 5.41) is 0. The van der Waals surface area contributed by atoms with Crippen molar-refractivity contribution < 1.29 is 9.47 Å². The van der Waals surface area contributed by atoms with Crippen LogP contribution in [0.15, 0.2) is 42.5 Å². The molecule has 0 aromatic heterocycles. The SMILES string of the molecule is CC(CN1CCCC1)Oc1cccc(Oc2ccc(N)c(N)c2)c1. The van der Waals surface area contributed by atoms with Crippen LogP contribution in [0.4, 0.5) is 11.4 Å². The monoisotopic (exact) mass is 327 g/mol. The van der Waals surface area contributed by atoms with Gasteiger partial charge in [-0.05, 0) is 57.1 Å². The molecule has 0 radical (unpaired) electrons. The fraction of sp³-hybridized carbons (Fsp3) is 0.368. The molecule has 0 saturated carbocycles. The molecule has 24 heavy (non-hydrogen) atoms. The Morgan fingerprint density at radius 3 is 2.42 bits per heavy atom. The summed E-state index contributed by atoms with van der Waals surface area (Å²) in [6.45, 7) is 5.41. The molecule has 3 rings (SSSR count). The molecule has 0 spiro atoms. The molecule has 1 aliphatic heterocycles. The third-order valence-corrected chi connectivity index (χ3v) is 4.15. The molecule has 4 N–H and O–H groups in total. The van der Waals surface area contributed by atoms with Gasteiger partial charge in [-0.15, -0.1) is 0 Å². The largest absolute Gasteiger partial charge is 0.489 e. The van der Waals surface area contributed by atoms with E-state index in [4.69, 9.17) is 20.9 Å². The van der Waals surface area contributed by atoms with Crippen LogP contribution in [0.2, 0.25) is 0 Å². The lowest BCUT2D eigenvalue weighted by Crippen LogP contribution is -2.31. The molecular weight excluding hydrogens is 302 g/mol. The van der Waals surface area contributed by atoms with Gasteiger partial charge in [-0.2, -0.15) is 0 Å². The second kappa shape index (κ2) is 7.45. The first-order chi connectivity index (χ1) is 11.6. The molecule has 1 aliphatic rings. The van der Waals surface area contributed by atoms with Gasteiger partial charge in [-0.1, -0.05) is 6.07 Å². The van der Waals surface area contributed by atoms with Crippen LogP contribution in [0, 0.1) is 0 Å². The lowest BCUT2D eigenvalue weighted by molar-refractivity contribution is 0.162. The zero-order chi connectivity index (χ0) is 16.9. The highest BCUT2D eigenvalue weighted by molar-refractivity contribution is 5.65. The average Bonchev–Trinajstić information content (AvgIpc) is 3.04. The number of rotatable bonds is 6. The molecule has 1 unspecified atom stereocenters. The van der Waals surface area contributed by atoms with Crippen molar-refractivity contribution in [3.63, 3.8) is 0 Å². The van der Waals surface area contributed by atoms with Gasteiger partial charge in [0.1, 0.15) is 23.4 Å². The number of nitrogens with zero attached hydrogens (tertiary/aromatic N) is 1. The van der Waals surface area contributed by atoms with E-state index in [9.17, 15) is 0 Å². The zero-order valence-corrected chi connectivity index (χ0v) is 14.1. The van der Waals surface area contributed by atoms with Crippen LogP contribution in [-0.4, -0.2) is 30.6 Å². The zero-order valence-electron chi connectivity index (χ0n) is 14.1. The van der Waals surface area contributed by atoms with E-state index in [1.807, 2.05) is 24.3 Å². The molecule has 1 heterocycles. The summed E-state index contributed by atoms with van der Waals surface area (Å²) in [6.07, 6.45) is 2.73. The van der Waals surface area contributed by atoms with Crippen molar-refractivity contribution in [3.8, 4) is 17.2 Å². The molecule has 1 fully saturated rings. The minimum absolute atomic E-state index is 0.144. The molecule has 5 nitrogen and oxygen atoms in total. The molecule has 0 amide bonds. The van der Waals surface area contributed by atoms with Gasteiger partial charge >= 0.3 is 0 Å². The van der Waals surface area contributed by atoms with Crippen molar-refractivity contribution in [2.24, 2.45) is 0 Å². The third kappa shape index (κ3) is 4.32. The van der Waals surface area contributed by atoms with Gasteiger partial charge in [-0.25, -0.2) is 0 Å². The lowest BCUT2D eigenvalue weighted by atomic mass is 10.2. The number of benzene rings is 2. The van der Waals surface area contributed by atoms with Gasteiger partial charge in [0, 0.05) is 18.7 Å². The Balaban J connectivity index is 1.61. The molecule has 1 atom stereocenters. The standard InChI is InChI=1S/C19H25N3O2/c1-14(13-22-9-2-3-10-22)23-15-5-4-6-16(11-15)24-17-7-8-18(20)19(21)12-17/h4-8,11-12,14H,2-3,9-10,13,20-21H2,1H3. The van der Waals surface area contributed by atoms with E-state index in [1.54, 1.807) is 18.2 Å². The number of ether oxygens (including phenoxy) is 2. The fourth-order valence-electron chi connectivity index (χ4n) is 2.96. The van der Waals surface area contributed by atoms with Gasteiger partial charge in [0.15, 0.2) is 0 Å². The van der Waals surface area contributed by atoms with E-state index in [2.05, 4.69) is 11.8 Å². The summed E-state index contributed by atoms with van der Waals surface area (Å²) < 4.78 is 11.9. The van der Waals surface area contributed by atoms with E-state index >= 15 is 0 Å².